The number of hydrogen-bond acceptors (Lipinski definition) is 5. The molecule has 2 heterocycles. The molecule has 0 saturated heterocycles. The highest BCUT2D eigenvalue weighted by atomic mass is 79.9. The molecule has 1 N–H and O–H groups in total. The predicted molar refractivity (Wildman–Crippen MR) is 106 cm³/mol. The molecule has 1 spiro atoms. The molecule has 0 amide bonds. The zero-order chi connectivity index (χ0) is 18.3. The van der Waals surface area contributed by atoms with E-state index in [0.29, 0.717) is 11.4 Å². The fourth-order valence-electron chi connectivity index (χ4n) is 4.15. The molecule has 1 aliphatic heterocycles. The van der Waals surface area contributed by atoms with Crippen LogP contribution in [0.4, 0.5) is 5.82 Å². The van der Waals surface area contributed by atoms with Gasteiger partial charge in [0.25, 0.3) is 0 Å². The molecule has 1 fully saturated rings. The molecule has 1 aliphatic carbocycles. The first-order chi connectivity index (χ1) is 12.6. The number of rotatable bonds is 3. The van der Waals surface area contributed by atoms with Crippen LogP contribution in [0.5, 0.6) is 5.75 Å². The van der Waals surface area contributed by atoms with Crippen molar-refractivity contribution in [2.75, 3.05) is 18.6 Å². The highest BCUT2D eigenvalue weighted by Gasteiger charge is 2.49. The minimum Gasteiger partial charge on any atom is -0.497 e. The number of oxime groups is 1. The van der Waals surface area contributed by atoms with Crippen molar-refractivity contribution in [2.24, 2.45) is 5.16 Å². The number of pyridine rings is 1. The summed E-state index contributed by atoms with van der Waals surface area (Å²) >= 11 is 10.2. The van der Waals surface area contributed by atoms with Crippen molar-refractivity contribution < 1.29 is 9.94 Å². The van der Waals surface area contributed by atoms with Gasteiger partial charge in [-0.15, -0.1) is 0 Å². The quantitative estimate of drug-likeness (QED) is 0.556. The van der Waals surface area contributed by atoms with Gasteiger partial charge < -0.3 is 14.8 Å². The molecule has 1 unspecified atom stereocenters. The van der Waals surface area contributed by atoms with Crippen molar-refractivity contribution in [3.05, 3.63) is 51.1 Å². The molecular formula is C19H19BrClN3O2. The minimum atomic E-state index is -0.142. The Bertz CT molecular complexity index is 872. The molecule has 26 heavy (non-hydrogen) atoms. The fourth-order valence-corrected chi connectivity index (χ4v) is 4.79. The normalized spacial score (nSPS) is 23.0. The summed E-state index contributed by atoms with van der Waals surface area (Å²) in [5, 5.41) is 13.4. The third-order valence-corrected chi connectivity index (χ3v) is 6.61. The molecule has 7 heteroatoms. The third-order valence-electron chi connectivity index (χ3n) is 5.38. The topological polar surface area (TPSA) is 58.0 Å². The maximum atomic E-state index is 9.24. The van der Waals surface area contributed by atoms with Gasteiger partial charge in [-0.25, -0.2) is 4.98 Å². The van der Waals surface area contributed by atoms with Gasteiger partial charge >= 0.3 is 0 Å². The number of ether oxygens (including phenoxy) is 1. The van der Waals surface area contributed by atoms with Gasteiger partial charge in [-0.1, -0.05) is 28.9 Å². The number of halogens is 2. The van der Waals surface area contributed by atoms with E-state index >= 15 is 0 Å². The lowest BCUT2D eigenvalue weighted by atomic mass is 9.81. The Morgan fingerprint density at radius 2 is 2.15 bits per heavy atom. The summed E-state index contributed by atoms with van der Waals surface area (Å²) in [5.74, 6) is 1.77. The summed E-state index contributed by atoms with van der Waals surface area (Å²) in [5.41, 5.74) is 2.94. The van der Waals surface area contributed by atoms with Crippen LogP contribution in [0, 0.1) is 0 Å². The van der Waals surface area contributed by atoms with E-state index in [9.17, 15) is 5.21 Å². The third kappa shape index (κ3) is 2.85. The molecule has 2 aromatic rings. The molecule has 1 atom stereocenters. The first-order valence-corrected chi connectivity index (χ1v) is 9.65. The lowest BCUT2D eigenvalue weighted by molar-refractivity contribution is 0.317. The van der Waals surface area contributed by atoms with Crippen LogP contribution < -0.4 is 9.64 Å². The Balaban J connectivity index is 1.71. The van der Waals surface area contributed by atoms with E-state index in [1.54, 1.807) is 13.3 Å². The van der Waals surface area contributed by atoms with Crippen LogP contribution in [0.15, 0.2) is 40.1 Å². The Kier molecular flexibility index (Phi) is 4.57. The van der Waals surface area contributed by atoms with E-state index in [-0.39, 0.29) is 5.41 Å². The van der Waals surface area contributed by atoms with Crippen LogP contribution in [0.2, 0.25) is 5.02 Å². The summed E-state index contributed by atoms with van der Waals surface area (Å²) in [6.45, 7) is 1.56. The van der Waals surface area contributed by atoms with Gasteiger partial charge in [0.2, 0.25) is 0 Å². The fraction of sp³-hybridized carbons (Fsp3) is 0.368. The maximum Gasteiger partial charge on any atom is 0.134 e. The van der Waals surface area contributed by atoms with Crippen molar-refractivity contribution in [1.29, 1.82) is 0 Å². The zero-order valence-corrected chi connectivity index (χ0v) is 16.7. The average molecular weight is 437 g/mol. The Hall–Kier alpha value is -1.79. The van der Waals surface area contributed by atoms with Gasteiger partial charge in [-0.2, -0.15) is 0 Å². The van der Waals surface area contributed by atoms with Crippen LogP contribution >= 0.6 is 27.5 Å². The van der Waals surface area contributed by atoms with Crippen molar-refractivity contribution in [2.45, 2.75) is 31.2 Å². The molecule has 2 aliphatic rings. The van der Waals surface area contributed by atoms with Gasteiger partial charge in [0.15, 0.2) is 0 Å². The standard InChI is InChI=1S/C19H19BrClN3O2/c1-26-14-4-2-12(3-5-14)10-24-11-19(7-6-13(8-19)23-25)16-17(21)15(20)9-22-18(16)24/h2-5,9,25H,6-8,10-11H2,1H3. The van der Waals surface area contributed by atoms with Crippen molar-refractivity contribution >= 4 is 39.1 Å². The number of benzene rings is 1. The Morgan fingerprint density at radius 1 is 1.38 bits per heavy atom. The summed E-state index contributed by atoms with van der Waals surface area (Å²) in [6, 6.07) is 8.07. The highest BCUT2D eigenvalue weighted by molar-refractivity contribution is 9.10. The molecular weight excluding hydrogens is 418 g/mol. The number of nitrogens with zero attached hydrogens (tertiary/aromatic N) is 3. The first-order valence-electron chi connectivity index (χ1n) is 8.48. The van der Waals surface area contributed by atoms with Crippen LogP contribution in [-0.4, -0.2) is 29.6 Å². The summed E-state index contributed by atoms with van der Waals surface area (Å²) < 4.78 is 6.04. The molecule has 1 aromatic carbocycles. The first kappa shape index (κ1) is 17.6. The van der Waals surface area contributed by atoms with Crippen LogP contribution in [0.25, 0.3) is 0 Å². The molecule has 0 bridgehead atoms. The number of fused-ring (bicyclic) bond motifs is 2. The molecule has 0 radical (unpaired) electrons. The second kappa shape index (κ2) is 6.74. The SMILES string of the molecule is COc1ccc(CN2CC3(CCC(=NO)C3)c3c2ncc(Br)c3Cl)cc1. The number of methoxy groups -OCH3 is 1. The summed E-state index contributed by atoms with van der Waals surface area (Å²) in [4.78, 5) is 6.94. The molecule has 136 valence electrons. The van der Waals surface area contributed by atoms with E-state index in [4.69, 9.17) is 16.3 Å². The van der Waals surface area contributed by atoms with E-state index in [2.05, 4.69) is 43.1 Å². The van der Waals surface area contributed by atoms with E-state index < -0.39 is 0 Å². The van der Waals surface area contributed by atoms with Gasteiger partial charge in [0, 0.05) is 36.7 Å². The Morgan fingerprint density at radius 3 is 2.81 bits per heavy atom. The molecule has 5 nitrogen and oxygen atoms in total. The molecule has 4 rings (SSSR count). The van der Waals surface area contributed by atoms with Gasteiger partial charge in [0.05, 0.1) is 22.3 Å². The van der Waals surface area contributed by atoms with E-state index in [0.717, 1.165) is 53.2 Å². The second-order valence-electron chi connectivity index (χ2n) is 6.95. The number of hydrogen-bond donors (Lipinski definition) is 1. The van der Waals surface area contributed by atoms with E-state index in [1.165, 1.54) is 5.56 Å². The van der Waals surface area contributed by atoms with Gasteiger partial charge in [-0.05, 0) is 46.5 Å². The average Bonchev–Trinajstić information content (AvgIpc) is 3.21. The Labute approximate surface area is 165 Å². The predicted octanol–water partition coefficient (Wildman–Crippen LogP) is 4.78. The summed E-state index contributed by atoms with van der Waals surface area (Å²) in [7, 11) is 1.67. The van der Waals surface area contributed by atoms with Crippen LogP contribution in [0.3, 0.4) is 0 Å². The van der Waals surface area contributed by atoms with Gasteiger partial charge in [-0.3, -0.25) is 0 Å². The molecule has 1 aromatic heterocycles. The minimum absolute atomic E-state index is 0.142. The lowest BCUT2D eigenvalue weighted by Gasteiger charge is -2.25. The van der Waals surface area contributed by atoms with Crippen LogP contribution in [-0.2, 0) is 12.0 Å². The number of aromatic nitrogens is 1. The molecule has 1 saturated carbocycles. The smallest absolute Gasteiger partial charge is 0.134 e. The lowest BCUT2D eigenvalue weighted by Crippen LogP contribution is -2.31. The van der Waals surface area contributed by atoms with Crippen molar-refractivity contribution in [3.8, 4) is 5.75 Å². The largest absolute Gasteiger partial charge is 0.497 e. The van der Waals surface area contributed by atoms with E-state index in [1.807, 2.05) is 12.1 Å². The highest BCUT2D eigenvalue weighted by Crippen LogP contribution is 2.53. The van der Waals surface area contributed by atoms with Crippen molar-refractivity contribution in [3.63, 3.8) is 0 Å². The second-order valence-corrected chi connectivity index (χ2v) is 8.18. The summed E-state index contributed by atoms with van der Waals surface area (Å²) in [6.07, 6.45) is 4.18. The monoisotopic (exact) mass is 435 g/mol. The van der Waals surface area contributed by atoms with Crippen LogP contribution in [0.1, 0.15) is 30.4 Å². The number of anilines is 1. The van der Waals surface area contributed by atoms with Crippen molar-refractivity contribution in [1.82, 2.24) is 4.98 Å². The van der Waals surface area contributed by atoms with Gasteiger partial charge in [0.1, 0.15) is 11.6 Å². The zero-order valence-electron chi connectivity index (χ0n) is 14.4. The maximum absolute atomic E-state index is 9.24.